The summed E-state index contributed by atoms with van der Waals surface area (Å²) in [6, 6.07) is -0.0335. The highest BCUT2D eigenvalue weighted by atomic mass is 16.5. The van der Waals surface area contributed by atoms with Crippen LogP contribution in [0.25, 0.3) is 0 Å². The zero-order valence-corrected chi connectivity index (χ0v) is 9.37. The van der Waals surface area contributed by atoms with Gasteiger partial charge in [-0.25, -0.2) is 0 Å². The molecule has 4 nitrogen and oxygen atoms in total. The van der Waals surface area contributed by atoms with Gasteiger partial charge in [-0.05, 0) is 19.3 Å². The number of ether oxygens (including phenoxy) is 1. The molecule has 2 atom stereocenters. The Balaban J connectivity index is 2.18. The molecule has 2 N–H and O–H groups in total. The number of carbonyl (C=O) groups is 1. The highest BCUT2D eigenvalue weighted by molar-refractivity contribution is 5.76. The van der Waals surface area contributed by atoms with Gasteiger partial charge in [0, 0.05) is 20.1 Å². The number of hydrogen-bond donors (Lipinski definition) is 2. The van der Waals surface area contributed by atoms with Crippen LogP contribution >= 0.6 is 0 Å². The molecule has 15 heavy (non-hydrogen) atoms. The average molecular weight is 215 g/mol. The van der Waals surface area contributed by atoms with E-state index in [4.69, 9.17) is 4.74 Å². The average Bonchev–Trinajstić information content (AvgIpc) is 2.22. The standard InChI is InChI=1S/C11H21NO3/c1-15-8-4-7-11(14)12-9-5-2-3-6-10(9)13/h9-10,13H,2-8H2,1H3,(H,12,14)/t9-,10-/m1/s1. The van der Waals surface area contributed by atoms with Gasteiger partial charge in [0.1, 0.15) is 0 Å². The molecule has 0 saturated heterocycles. The van der Waals surface area contributed by atoms with E-state index >= 15 is 0 Å². The van der Waals surface area contributed by atoms with E-state index in [1.807, 2.05) is 0 Å². The normalized spacial score (nSPS) is 26.3. The molecule has 0 bridgehead atoms. The van der Waals surface area contributed by atoms with Crippen molar-refractivity contribution in [2.45, 2.75) is 50.7 Å². The van der Waals surface area contributed by atoms with Gasteiger partial charge in [0.2, 0.25) is 5.91 Å². The number of amides is 1. The molecule has 0 aliphatic heterocycles. The van der Waals surface area contributed by atoms with Gasteiger partial charge >= 0.3 is 0 Å². The van der Waals surface area contributed by atoms with E-state index in [0.717, 1.165) is 32.1 Å². The Morgan fingerprint density at radius 1 is 1.47 bits per heavy atom. The van der Waals surface area contributed by atoms with Crippen molar-refractivity contribution in [1.82, 2.24) is 5.32 Å². The first-order valence-corrected chi connectivity index (χ1v) is 5.70. The van der Waals surface area contributed by atoms with Crippen LogP contribution in [-0.4, -0.2) is 36.9 Å². The zero-order valence-electron chi connectivity index (χ0n) is 9.37. The van der Waals surface area contributed by atoms with Crippen molar-refractivity contribution in [2.75, 3.05) is 13.7 Å². The van der Waals surface area contributed by atoms with Gasteiger partial charge in [0.15, 0.2) is 0 Å². The van der Waals surface area contributed by atoms with Crippen LogP contribution in [0.5, 0.6) is 0 Å². The highest BCUT2D eigenvalue weighted by Gasteiger charge is 2.23. The van der Waals surface area contributed by atoms with Crippen molar-refractivity contribution in [2.24, 2.45) is 0 Å². The lowest BCUT2D eigenvalue weighted by Crippen LogP contribution is -2.45. The number of carbonyl (C=O) groups excluding carboxylic acids is 1. The summed E-state index contributed by atoms with van der Waals surface area (Å²) in [5, 5.41) is 12.5. The third-order valence-electron chi connectivity index (χ3n) is 2.83. The number of aliphatic hydroxyl groups is 1. The largest absolute Gasteiger partial charge is 0.391 e. The van der Waals surface area contributed by atoms with Crippen LogP contribution in [0, 0.1) is 0 Å². The van der Waals surface area contributed by atoms with E-state index in [-0.39, 0.29) is 18.1 Å². The van der Waals surface area contributed by atoms with Gasteiger partial charge in [0.05, 0.1) is 12.1 Å². The first-order valence-electron chi connectivity index (χ1n) is 5.70. The van der Waals surface area contributed by atoms with Gasteiger partial charge in [0.25, 0.3) is 0 Å². The van der Waals surface area contributed by atoms with Gasteiger partial charge in [-0.2, -0.15) is 0 Å². The van der Waals surface area contributed by atoms with Crippen LogP contribution in [0.4, 0.5) is 0 Å². The van der Waals surface area contributed by atoms with E-state index in [1.165, 1.54) is 0 Å². The molecular weight excluding hydrogens is 194 g/mol. The summed E-state index contributed by atoms with van der Waals surface area (Å²) in [4.78, 5) is 11.5. The van der Waals surface area contributed by atoms with Crippen molar-refractivity contribution in [1.29, 1.82) is 0 Å². The van der Waals surface area contributed by atoms with Crippen LogP contribution in [0.3, 0.4) is 0 Å². The molecule has 1 amide bonds. The van der Waals surface area contributed by atoms with Crippen molar-refractivity contribution >= 4 is 5.91 Å². The maximum atomic E-state index is 11.5. The lowest BCUT2D eigenvalue weighted by Gasteiger charge is -2.28. The van der Waals surface area contributed by atoms with E-state index in [1.54, 1.807) is 7.11 Å². The summed E-state index contributed by atoms with van der Waals surface area (Å²) in [5.41, 5.74) is 0. The van der Waals surface area contributed by atoms with Gasteiger partial charge in [-0.1, -0.05) is 12.8 Å². The van der Waals surface area contributed by atoms with Gasteiger partial charge in [-0.15, -0.1) is 0 Å². The second-order valence-electron chi connectivity index (χ2n) is 4.12. The van der Waals surface area contributed by atoms with Crippen molar-refractivity contribution in [3.63, 3.8) is 0 Å². The van der Waals surface area contributed by atoms with Crippen LogP contribution in [0.15, 0.2) is 0 Å². The molecule has 4 heteroatoms. The van der Waals surface area contributed by atoms with E-state index < -0.39 is 0 Å². The molecule has 0 heterocycles. The Labute approximate surface area is 91.0 Å². The van der Waals surface area contributed by atoms with Gasteiger partial charge in [-0.3, -0.25) is 4.79 Å². The molecule has 1 saturated carbocycles. The Kier molecular flexibility index (Phi) is 5.65. The predicted octanol–water partition coefficient (Wildman–Crippen LogP) is 0.833. The Morgan fingerprint density at radius 3 is 2.87 bits per heavy atom. The fourth-order valence-electron chi connectivity index (χ4n) is 1.94. The molecule has 0 spiro atoms. The monoisotopic (exact) mass is 215 g/mol. The Hall–Kier alpha value is -0.610. The first-order chi connectivity index (χ1) is 7.24. The second-order valence-corrected chi connectivity index (χ2v) is 4.12. The summed E-state index contributed by atoms with van der Waals surface area (Å²) in [7, 11) is 1.63. The number of methoxy groups -OCH3 is 1. The molecule has 0 aromatic carbocycles. The molecule has 1 aliphatic rings. The smallest absolute Gasteiger partial charge is 0.220 e. The maximum absolute atomic E-state index is 11.5. The molecule has 1 aliphatic carbocycles. The van der Waals surface area contributed by atoms with Crippen molar-refractivity contribution < 1.29 is 14.6 Å². The number of hydrogen-bond acceptors (Lipinski definition) is 3. The number of nitrogens with one attached hydrogen (secondary N) is 1. The number of rotatable bonds is 5. The fraction of sp³-hybridized carbons (Fsp3) is 0.909. The third-order valence-corrected chi connectivity index (χ3v) is 2.83. The topological polar surface area (TPSA) is 58.6 Å². The minimum absolute atomic E-state index is 0.0259. The van der Waals surface area contributed by atoms with E-state index in [9.17, 15) is 9.90 Å². The quantitative estimate of drug-likeness (QED) is 0.668. The summed E-state index contributed by atoms with van der Waals surface area (Å²) in [6.45, 7) is 0.612. The first kappa shape index (κ1) is 12.5. The fourth-order valence-corrected chi connectivity index (χ4v) is 1.94. The summed E-state index contributed by atoms with van der Waals surface area (Å²) in [5.74, 6) is 0.0259. The van der Waals surface area contributed by atoms with Gasteiger partial charge < -0.3 is 15.2 Å². The predicted molar refractivity (Wildman–Crippen MR) is 57.5 cm³/mol. The lowest BCUT2D eigenvalue weighted by atomic mass is 9.92. The molecule has 1 rings (SSSR count). The molecule has 1 fully saturated rings. The molecule has 0 aromatic rings. The van der Waals surface area contributed by atoms with Crippen molar-refractivity contribution in [3.8, 4) is 0 Å². The van der Waals surface area contributed by atoms with E-state index in [2.05, 4.69) is 5.32 Å². The minimum atomic E-state index is -0.356. The van der Waals surface area contributed by atoms with E-state index in [0.29, 0.717) is 13.0 Å². The van der Waals surface area contributed by atoms with Crippen LogP contribution in [0.2, 0.25) is 0 Å². The number of aliphatic hydroxyl groups excluding tert-OH is 1. The molecule has 0 unspecified atom stereocenters. The molecule has 0 aromatic heterocycles. The summed E-state index contributed by atoms with van der Waals surface area (Å²) >= 11 is 0. The highest BCUT2D eigenvalue weighted by Crippen LogP contribution is 2.18. The van der Waals surface area contributed by atoms with Crippen LogP contribution < -0.4 is 5.32 Å². The Bertz CT molecular complexity index is 196. The third kappa shape index (κ3) is 4.62. The van der Waals surface area contributed by atoms with Crippen molar-refractivity contribution in [3.05, 3.63) is 0 Å². The lowest BCUT2D eigenvalue weighted by molar-refractivity contribution is -0.123. The molecule has 88 valence electrons. The molecular formula is C11H21NO3. The Morgan fingerprint density at radius 2 is 2.20 bits per heavy atom. The van der Waals surface area contributed by atoms with Crippen LogP contribution in [0.1, 0.15) is 38.5 Å². The SMILES string of the molecule is COCCCC(=O)N[C@@H]1CCCC[C@H]1O. The minimum Gasteiger partial charge on any atom is -0.391 e. The maximum Gasteiger partial charge on any atom is 0.220 e. The summed E-state index contributed by atoms with van der Waals surface area (Å²) in [6.07, 6.45) is 4.74. The zero-order chi connectivity index (χ0) is 11.1. The molecule has 0 radical (unpaired) electrons. The second kappa shape index (κ2) is 6.80. The summed E-state index contributed by atoms with van der Waals surface area (Å²) < 4.78 is 4.87. The van der Waals surface area contributed by atoms with Crippen LogP contribution in [-0.2, 0) is 9.53 Å².